The molecule has 1 aromatic carbocycles. The molecule has 3 aromatic rings. The Balaban J connectivity index is 1.75. The Kier molecular flexibility index (Phi) is 5.12. The molecule has 0 spiro atoms. The molecule has 0 amide bonds. The van der Waals surface area contributed by atoms with Gasteiger partial charge in [-0.3, -0.25) is 0 Å². The van der Waals surface area contributed by atoms with Gasteiger partial charge in [-0.1, -0.05) is 16.9 Å². The number of hydrogen-bond acceptors (Lipinski definition) is 9. The van der Waals surface area contributed by atoms with E-state index < -0.39 is 12.0 Å². The number of alkyl halides is 3. The van der Waals surface area contributed by atoms with Gasteiger partial charge in [-0.2, -0.15) is 18.2 Å². The Labute approximate surface area is 154 Å². The normalized spacial score (nSPS) is 11.6. The number of nitrogens with zero attached hydrogens (tertiary/aromatic N) is 5. The number of hydrogen-bond donors (Lipinski definition) is 1. The summed E-state index contributed by atoms with van der Waals surface area (Å²) in [7, 11) is 3.01. The standard InChI is InChI=1S/C14H13F3N6O3S/c1-24-7-3-4-8(9(5-7)25-2)11-19-10(26-22-11)6-27-13-21-20-12(23(13)18)14(15,16)17/h3-5H,6,18H2,1-2H3. The van der Waals surface area contributed by atoms with E-state index in [1.165, 1.54) is 14.2 Å². The van der Waals surface area contributed by atoms with Crippen molar-refractivity contribution in [1.29, 1.82) is 0 Å². The topological polar surface area (TPSA) is 114 Å². The predicted octanol–water partition coefficient (Wildman–Crippen LogP) is 2.37. The second-order valence-corrected chi connectivity index (χ2v) is 5.98. The van der Waals surface area contributed by atoms with Crippen LogP contribution in [0.5, 0.6) is 11.5 Å². The van der Waals surface area contributed by atoms with Crippen molar-refractivity contribution in [3.05, 3.63) is 29.9 Å². The lowest BCUT2D eigenvalue weighted by Crippen LogP contribution is -2.21. The fourth-order valence-corrected chi connectivity index (χ4v) is 2.80. The van der Waals surface area contributed by atoms with Gasteiger partial charge < -0.3 is 19.8 Å². The van der Waals surface area contributed by atoms with Crippen molar-refractivity contribution in [2.75, 3.05) is 20.1 Å². The summed E-state index contributed by atoms with van der Waals surface area (Å²) in [6.45, 7) is 0. The van der Waals surface area contributed by atoms with Gasteiger partial charge in [0, 0.05) is 6.07 Å². The van der Waals surface area contributed by atoms with Crippen LogP contribution in [0.25, 0.3) is 11.4 Å². The van der Waals surface area contributed by atoms with Crippen LogP contribution in [0.4, 0.5) is 13.2 Å². The zero-order valence-electron chi connectivity index (χ0n) is 14.0. The molecule has 9 nitrogen and oxygen atoms in total. The van der Waals surface area contributed by atoms with Crippen LogP contribution < -0.4 is 15.3 Å². The second kappa shape index (κ2) is 7.34. The monoisotopic (exact) mass is 402 g/mol. The van der Waals surface area contributed by atoms with Crippen molar-refractivity contribution >= 4 is 11.8 Å². The largest absolute Gasteiger partial charge is 0.497 e. The molecule has 0 unspecified atom stereocenters. The van der Waals surface area contributed by atoms with Crippen molar-refractivity contribution in [2.45, 2.75) is 17.1 Å². The van der Waals surface area contributed by atoms with E-state index in [1.807, 2.05) is 0 Å². The van der Waals surface area contributed by atoms with Crippen LogP contribution in [-0.4, -0.2) is 39.2 Å². The van der Waals surface area contributed by atoms with Crippen molar-refractivity contribution in [1.82, 2.24) is 25.0 Å². The zero-order valence-corrected chi connectivity index (χ0v) is 14.8. The molecule has 2 heterocycles. The Bertz CT molecular complexity index is 943. The lowest BCUT2D eigenvalue weighted by molar-refractivity contribution is -0.146. The third kappa shape index (κ3) is 3.92. The first-order valence-electron chi connectivity index (χ1n) is 7.29. The number of ether oxygens (including phenoxy) is 2. The summed E-state index contributed by atoms with van der Waals surface area (Å²) in [5.74, 6) is 5.64. The minimum absolute atomic E-state index is 0.0542. The number of rotatable bonds is 6. The van der Waals surface area contributed by atoms with E-state index in [0.717, 1.165) is 11.8 Å². The van der Waals surface area contributed by atoms with Crippen molar-refractivity contribution in [2.24, 2.45) is 0 Å². The maximum absolute atomic E-state index is 12.7. The van der Waals surface area contributed by atoms with Crippen LogP contribution in [-0.2, 0) is 11.9 Å². The number of aromatic nitrogens is 5. The molecule has 2 N–H and O–H groups in total. The first-order chi connectivity index (χ1) is 12.8. The number of benzene rings is 1. The molecule has 0 radical (unpaired) electrons. The van der Waals surface area contributed by atoms with E-state index in [4.69, 9.17) is 19.8 Å². The number of methoxy groups -OCH3 is 2. The molecule has 3 rings (SSSR count). The first-order valence-corrected chi connectivity index (χ1v) is 8.27. The van der Waals surface area contributed by atoms with Crippen molar-refractivity contribution in [3.63, 3.8) is 0 Å². The molecule has 0 bridgehead atoms. The summed E-state index contributed by atoms with van der Waals surface area (Å²) in [5.41, 5.74) is 0.569. The predicted molar refractivity (Wildman–Crippen MR) is 87.6 cm³/mol. The summed E-state index contributed by atoms with van der Waals surface area (Å²) in [5, 5.41) is 10.2. The van der Waals surface area contributed by atoms with Crippen LogP contribution in [0.15, 0.2) is 27.9 Å². The van der Waals surface area contributed by atoms with Crippen LogP contribution in [0, 0.1) is 0 Å². The van der Waals surface area contributed by atoms with Gasteiger partial charge in [0.25, 0.3) is 5.82 Å². The SMILES string of the molecule is COc1ccc(-c2noc(CSc3nnc(C(F)(F)F)n3N)n2)c(OC)c1. The van der Waals surface area contributed by atoms with Crippen molar-refractivity contribution < 1.29 is 27.2 Å². The molecular weight excluding hydrogens is 389 g/mol. The van der Waals surface area contributed by atoms with Gasteiger partial charge in [-0.25, -0.2) is 4.68 Å². The fraction of sp³-hybridized carbons (Fsp3) is 0.286. The smallest absolute Gasteiger partial charge is 0.453 e. The Morgan fingerprint density at radius 1 is 1.22 bits per heavy atom. The summed E-state index contributed by atoms with van der Waals surface area (Å²) in [4.78, 5) is 4.20. The molecule has 0 aliphatic rings. The highest BCUT2D eigenvalue weighted by atomic mass is 32.2. The molecule has 0 aliphatic carbocycles. The molecule has 0 saturated carbocycles. The van der Waals surface area contributed by atoms with E-state index in [-0.39, 0.29) is 22.6 Å². The fourth-order valence-electron chi connectivity index (χ4n) is 2.10. The van der Waals surface area contributed by atoms with Gasteiger partial charge in [0.2, 0.25) is 16.9 Å². The average Bonchev–Trinajstić information content (AvgIpc) is 3.25. The van der Waals surface area contributed by atoms with Crippen LogP contribution >= 0.6 is 11.8 Å². The summed E-state index contributed by atoms with van der Waals surface area (Å²) in [6.07, 6.45) is -4.69. The molecule has 27 heavy (non-hydrogen) atoms. The van der Waals surface area contributed by atoms with Crippen molar-refractivity contribution in [3.8, 4) is 22.9 Å². The maximum Gasteiger partial charge on any atom is 0.453 e. The highest BCUT2D eigenvalue weighted by Gasteiger charge is 2.38. The maximum atomic E-state index is 12.7. The lowest BCUT2D eigenvalue weighted by Gasteiger charge is -2.07. The molecule has 13 heteroatoms. The average molecular weight is 402 g/mol. The highest BCUT2D eigenvalue weighted by Crippen LogP contribution is 2.33. The Morgan fingerprint density at radius 3 is 2.63 bits per heavy atom. The van der Waals surface area contributed by atoms with E-state index >= 15 is 0 Å². The van der Waals surface area contributed by atoms with Gasteiger partial charge in [0.05, 0.1) is 25.5 Å². The van der Waals surface area contributed by atoms with Gasteiger partial charge >= 0.3 is 6.18 Å². The number of thioether (sulfide) groups is 1. The summed E-state index contributed by atoms with van der Waals surface area (Å²) in [6, 6.07) is 5.07. The number of nitrogens with two attached hydrogens (primary N) is 1. The lowest BCUT2D eigenvalue weighted by atomic mass is 10.2. The molecule has 144 valence electrons. The molecular formula is C14H13F3N6O3S. The van der Waals surface area contributed by atoms with Gasteiger partial charge in [-0.05, 0) is 12.1 Å². The van der Waals surface area contributed by atoms with Gasteiger partial charge in [0.1, 0.15) is 11.5 Å². The van der Waals surface area contributed by atoms with Gasteiger partial charge in [0.15, 0.2) is 0 Å². The van der Waals surface area contributed by atoms with Crippen LogP contribution in [0.2, 0.25) is 0 Å². The molecule has 0 aliphatic heterocycles. The van der Waals surface area contributed by atoms with E-state index in [0.29, 0.717) is 21.7 Å². The first kappa shape index (κ1) is 18.8. The van der Waals surface area contributed by atoms with E-state index in [2.05, 4.69) is 20.3 Å². The Morgan fingerprint density at radius 2 is 2.00 bits per heavy atom. The third-order valence-electron chi connectivity index (χ3n) is 3.36. The summed E-state index contributed by atoms with van der Waals surface area (Å²) < 4.78 is 53.9. The molecule has 0 atom stereocenters. The third-order valence-corrected chi connectivity index (χ3v) is 4.29. The highest BCUT2D eigenvalue weighted by molar-refractivity contribution is 7.98. The molecule has 2 aromatic heterocycles. The molecule has 0 fully saturated rings. The van der Waals surface area contributed by atoms with E-state index in [9.17, 15) is 13.2 Å². The number of halogens is 3. The van der Waals surface area contributed by atoms with Crippen LogP contribution in [0.3, 0.4) is 0 Å². The quantitative estimate of drug-likeness (QED) is 0.490. The van der Waals surface area contributed by atoms with E-state index in [1.54, 1.807) is 18.2 Å². The molecule has 0 saturated heterocycles. The second-order valence-electron chi connectivity index (χ2n) is 5.04. The minimum Gasteiger partial charge on any atom is -0.497 e. The summed E-state index contributed by atoms with van der Waals surface area (Å²) >= 11 is 0.878. The Hall–Kier alpha value is -2.96. The van der Waals surface area contributed by atoms with Gasteiger partial charge in [-0.15, -0.1) is 10.2 Å². The minimum atomic E-state index is -4.69. The zero-order chi connectivity index (χ0) is 19.6. The number of nitrogen functional groups attached to an aromatic ring is 1. The van der Waals surface area contributed by atoms with Crippen LogP contribution in [0.1, 0.15) is 11.7 Å².